The van der Waals surface area contributed by atoms with Crippen LogP contribution in [0.2, 0.25) is 0 Å². The minimum atomic E-state index is 0.221. The van der Waals surface area contributed by atoms with Gasteiger partial charge in [0.1, 0.15) is 5.76 Å². The molecule has 0 aromatic carbocycles. The first-order chi connectivity index (χ1) is 12.8. The van der Waals surface area contributed by atoms with Crippen molar-refractivity contribution < 1.29 is 9.15 Å². The lowest BCUT2D eigenvalue weighted by Crippen LogP contribution is -2.39. The molecule has 0 bridgehead atoms. The van der Waals surface area contributed by atoms with Gasteiger partial charge >= 0.3 is 0 Å². The van der Waals surface area contributed by atoms with Crippen LogP contribution in [0.4, 0.5) is 0 Å². The van der Waals surface area contributed by atoms with E-state index in [2.05, 4.69) is 28.5 Å². The summed E-state index contributed by atoms with van der Waals surface area (Å²) in [5.74, 6) is 1.90. The van der Waals surface area contributed by atoms with Crippen molar-refractivity contribution in [3.63, 3.8) is 0 Å². The van der Waals surface area contributed by atoms with E-state index in [0.29, 0.717) is 6.54 Å². The number of likely N-dealkylation sites (tertiary alicyclic amines) is 1. The van der Waals surface area contributed by atoms with Gasteiger partial charge in [-0.25, -0.2) is 0 Å². The van der Waals surface area contributed by atoms with Crippen LogP contribution in [0.1, 0.15) is 57.8 Å². The van der Waals surface area contributed by atoms with Crippen LogP contribution < -0.4 is 10.6 Å². The summed E-state index contributed by atoms with van der Waals surface area (Å²) in [7, 11) is 0. The van der Waals surface area contributed by atoms with E-state index in [1.54, 1.807) is 6.26 Å². The Bertz CT molecular complexity index is 484. The molecule has 0 saturated carbocycles. The van der Waals surface area contributed by atoms with E-state index in [0.717, 1.165) is 64.0 Å². The van der Waals surface area contributed by atoms with E-state index in [1.165, 1.54) is 19.3 Å². The minimum absolute atomic E-state index is 0.221. The fraction of sp³-hybridized carbons (Fsp3) is 0.750. The fourth-order valence-corrected chi connectivity index (χ4v) is 3.30. The third-order valence-corrected chi connectivity index (χ3v) is 4.68. The van der Waals surface area contributed by atoms with Crippen molar-refractivity contribution in [3.05, 3.63) is 24.2 Å². The molecule has 0 radical (unpaired) electrons. The Hall–Kier alpha value is -1.53. The molecular formula is C20H36N4O2. The number of unbranched alkanes of at least 4 members (excludes halogenated alkanes) is 1. The first kappa shape index (κ1) is 20.8. The fourth-order valence-electron chi connectivity index (χ4n) is 3.30. The number of nitrogens with one attached hydrogen (secondary N) is 2. The molecule has 6 heteroatoms. The molecule has 2 heterocycles. The van der Waals surface area contributed by atoms with Crippen LogP contribution in [0, 0.1) is 0 Å². The smallest absolute Gasteiger partial charge is 0.191 e. The van der Waals surface area contributed by atoms with Crippen molar-refractivity contribution in [2.45, 2.75) is 52.0 Å². The first-order valence-electron chi connectivity index (χ1n) is 10.2. The van der Waals surface area contributed by atoms with Crippen LogP contribution in [0.5, 0.6) is 0 Å². The van der Waals surface area contributed by atoms with Crippen LogP contribution in [-0.2, 0) is 4.74 Å². The van der Waals surface area contributed by atoms with E-state index in [4.69, 9.17) is 14.1 Å². The Kier molecular flexibility index (Phi) is 10.2. The van der Waals surface area contributed by atoms with Gasteiger partial charge in [-0.3, -0.25) is 9.89 Å². The van der Waals surface area contributed by atoms with Gasteiger partial charge in [0.25, 0.3) is 0 Å². The van der Waals surface area contributed by atoms with E-state index >= 15 is 0 Å². The lowest BCUT2D eigenvalue weighted by Gasteiger charge is -2.32. The second-order valence-corrected chi connectivity index (χ2v) is 6.68. The van der Waals surface area contributed by atoms with Gasteiger partial charge in [-0.2, -0.15) is 0 Å². The van der Waals surface area contributed by atoms with Crippen molar-refractivity contribution in [2.75, 3.05) is 45.9 Å². The molecule has 0 spiro atoms. The maximum Gasteiger partial charge on any atom is 0.191 e. The van der Waals surface area contributed by atoms with Gasteiger partial charge in [-0.05, 0) is 64.8 Å². The summed E-state index contributed by atoms with van der Waals surface area (Å²) < 4.78 is 11.1. The Labute approximate surface area is 158 Å². The molecule has 1 atom stereocenters. The normalized spacial score (nSPS) is 17.2. The van der Waals surface area contributed by atoms with Gasteiger partial charge in [-0.15, -0.1) is 0 Å². The lowest BCUT2D eigenvalue weighted by atomic mass is 10.1. The number of hydrogen-bond acceptors (Lipinski definition) is 4. The van der Waals surface area contributed by atoms with Gasteiger partial charge < -0.3 is 19.8 Å². The third kappa shape index (κ3) is 7.38. The largest absolute Gasteiger partial charge is 0.468 e. The molecule has 6 nitrogen and oxygen atoms in total. The summed E-state index contributed by atoms with van der Waals surface area (Å²) in [4.78, 5) is 7.35. The molecule has 26 heavy (non-hydrogen) atoms. The summed E-state index contributed by atoms with van der Waals surface area (Å²) in [6, 6.07) is 4.26. The Morgan fingerprint density at radius 1 is 1.23 bits per heavy atom. The molecule has 1 aromatic heterocycles. The highest BCUT2D eigenvalue weighted by Gasteiger charge is 2.24. The predicted molar refractivity (Wildman–Crippen MR) is 107 cm³/mol. The zero-order valence-corrected chi connectivity index (χ0v) is 16.5. The molecule has 1 fully saturated rings. The van der Waals surface area contributed by atoms with Gasteiger partial charge in [0.2, 0.25) is 0 Å². The highest BCUT2D eigenvalue weighted by atomic mass is 16.5. The van der Waals surface area contributed by atoms with Crippen LogP contribution in [-0.4, -0.2) is 56.8 Å². The van der Waals surface area contributed by atoms with E-state index in [1.807, 2.05) is 13.0 Å². The van der Waals surface area contributed by atoms with E-state index < -0.39 is 0 Å². The Morgan fingerprint density at radius 3 is 2.77 bits per heavy atom. The molecule has 148 valence electrons. The van der Waals surface area contributed by atoms with E-state index in [-0.39, 0.29) is 6.04 Å². The zero-order valence-electron chi connectivity index (χ0n) is 16.5. The number of piperidine rings is 1. The van der Waals surface area contributed by atoms with Gasteiger partial charge in [0.15, 0.2) is 5.96 Å². The SMILES string of the molecule is CCNC(=NCC(c1ccco1)N1CCCCC1)NCCCCOCC. The number of aliphatic imine (C=N–C) groups is 1. The monoisotopic (exact) mass is 364 g/mol. The zero-order chi connectivity index (χ0) is 18.5. The highest BCUT2D eigenvalue weighted by Crippen LogP contribution is 2.25. The van der Waals surface area contributed by atoms with Crippen LogP contribution in [0.25, 0.3) is 0 Å². The molecule has 1 aliphatic rings. The third-order valence-electron chi connectivity index (χ3n) is 4.68. The maximum atomic E-state index is 5.71. The summed E-state index contributed by atoms with van der Waals surface area (Å²) in [5.41, 5.74) is 0. The van der Waals surface area contributed by atoms with Crippen molar-refractivity contribution >= 4 is 5.96 Å². The first-order valence-corrected chi connectivity index (χ1v) is 10.2. The topological polar surface area (TPSA) is 62.0 Å². The highest BCUT2D eigenvalue weighted by molar-refractivity contribution is 5.79. The molecule has 1 saturated heterocycles. The second-order valence-electron chi connectivity index (χ2n) is 6.68. The molecule has 0 aliphatic carbocycles. The van der Waals surface area contributed by atoms with Crippen LogP contribution in [0.3, 0.4) is 0 Å². The number of furan rings is 1. The average molecular weight is 365 g/mol. The summed E-state index contributed by atoms with van der Waals surface area (Å²) >= 11 is 0. The molecule has 0 amide bonds. The molecule has 1 aliphatic heterocycles. The Morgan fingerprint density at radius 2 is 2.08 bits per heavy atom. The molecule has 1 aromatic rings. The number of ether oxygens (including phenoxy) is 1. The van der Waals surface area contributed by atoms with Gasteiger partial charge in [0, 0.05) is 26.3 Å². The lowest BCUT2D eigenvalue weighted by molar-refractivity contribution is 0.143. The summed E-state index contributed by atoms with van der Waals surface area (Å²) in [5, 5.41) is 6.78. The number of hydrogen-bond donors (Lipinski definition) is 2. The average Bonchev–Trinajstić information content (AvgIpc) is 3.20. The molecule has 1 unspecified atom stereocenters. The van der Waals surface area contributed by atoms with Crippen molar-refractivity contribution in [2.24, 2.45) is 4.99 Å². The number of rotatable bonds is 11. The molecule has 2 rings (SSSR count). The molecule has 2 N–H and O–H groups in total. The number of guanidine groups is 1. The number of nitrogens with zero attached hydrogens (tertiary/aromatic N) is 2. The van der Waals surface area contributed by atoms with Crippen molar-refractivity contribution in [3.8, 4) is 0 Å². The van der Waals surface area contributed by atoms with Crippen LogP contribution in [0.15, 0.2) is 27.8 Å². The molecular weight excluding hydrogens is 328 g/mol. The van der Waals surface area contributed by atoms with Crippen LogP contribution >= 0.6 is 0 Å². The summed E-state index contributed by atoms with van der Waals surface area (Å²) in [6.45, 7) is 10.5. The second kappa shape index (κ2) is 12.8. The summed E-state index contributed by atoms with van der Waals surface area (Å²) in [6.07, 6.45) is 7.77. The van der Waals surface area contributed by atoms with Gasteiger partial charge in [-0.1, -0.05) is 6.42 Å². The Balaban J connectivity index is 1.88. The van der Waals surface area contributed by atoms with Crippen molar-refractivity contribution in [1.29, 1.82) is 0 Å². The maximum absolute atomic E-state index is 5.71. The quantitative estimate of drug-likeness (QED) is 0.359. The minimum Gasteiger partial charge on any atom is -0.468 e. The van der Waals surface area contributed by atoms with E-state index in [9.17, 15) is 0 Å². The van der Waals surface area contributed by atoms with Gasteiger partial charge in [0.05, 0.1) is 18.8 Å². The standard InChI is InChI=1S/C20H36N4O2/c1-3-21-20(22-12-6-9-15-25-4-2)23-17-18(19-11-10-16-26-19)24-13-7-5-8-14-24/h10-11,16,18H,3-9,12-15,17H2,1-2H3,(H2,21,22,23). The van der Waals surface area contributed by atoms with Crippen molar-refractivity contribution in [1.82, 2.24) is 15.5 Å². The predicted octanol–water partition coefficient (Wildman–Crippen LogP) is 3.18.